The third-order valence-electron chi connectivity index (χ3n) is 7.78. The van der Waals surface area contributed by atoms with E-state index in [0.717, 1.165) is 50.2 Å². The van der Waals surface area contributed by atoms with E-state index in [0.29, 0.717) is 11.6 Å². The lowest BCUT2D eigenvalue weighted by Crippen LogP contribution is -2.14. The summed E-state index contributed by atoms with van der Waals surface area (Å²) in [5.41, 5.74) is 7.63. The van der Waals surface area contributed by atoms with E-state index in [4.69, 9.17) is 16.0 Å². The van der Waals surface area contributed by atoms with Crippen molar-refractivity contribution in [2.24, 2.45) is 5.92 Å². The highest BCUT2D eigenvalue weighted by Crippen LogP contribution is 2.40. The van der Waals surface area contributed by atoms with Crippen molar-refractivity contribution in [2.75, 3.05) is 0 Å². The number of hydrogen-bond donors (Lipinski definition) is 0. The molecule has 0 N–H and O–H groups in total. The minimum atomic E-state index is 0.539. The maximum absolute atomic E-state index is 7.52. The summed E-state index contributed by atoms with van der Waals surface area (Å²) in [6.07, 6.45) is 8.70. The molecule has 1 saturated carbocycles. The highest BCUT2D eigenvalue weighted by molar-refractivity contribution is 6.10. The highest BCUT2D eigenvalue weighted by atomic mass is 16.3. The van der Waals surface area contributed by atoms with Crippen molar-refractivity contribution in [3.8, 4) is 22.4 Å². The molecular formula is C32H28N2O. The zero-order valence-corrected chi connectivity index (χ0v) is 20.0. The molecule has 0 aliphatic heterocycles. The predicted molar refractivity (Wildman–Crippen MR) is 144 cm³/mol. The number of fused-ring (bicyclic) bond motifs is 3. The molecule has 1 aliphatic carbocycles. The van der Waals surface area contributed by atoms with Crippen LogP contribution in [0.1, 0.15) is 50.5 Å². The second-order valence-electron chi connectivity index (χ2n) is 9.79. The van der Waals surface area contributed by atoms with Gasteiger partial charge >= 0.3 is 0 Å². The van der Waals surface area contributed by atoms with E-state index in [1.54, 1.807) is 0 Å². The molecule has 3 aromatic carbocycles. The molecule has 1 atom stereocenters. The third kappa shape index (κ3) is 3.90. The first kappa shape index (κ1) is 21.6. The van der Waals surface area contributed by atoms with Gasteiger partial charge in [-0.2, -0.15) is 0 Å². The minimum Gasteiger partial charge on any atom is -0.455 e. The lowest BCUT2D eigenvalue weighted by molar-refractivity contribution is 0.316. The largest absolute Gasteiger partial charge is 0.455 e. The molecule has 35 heavy (non-hydrogen) atoms. The summed E-state index contributed by atoms with van der Waals surface area (Å²) in [5, 5.41) is 2.17. The second kappa shape index (κ2) is 9.04. The molecular weight excluding hydrogens is 428 g/mol. The maximum Gasteiger partial charge on any atom is 0.194 e. The Morgan fingerprint density at radius 2 is 1.71 bits per heavy atom. The number of pyridine rings is 1. The molecule has 2 aromatic heterocycles. The van der Waals surface area contributed by atoms with Crippen LogP contribution in [-0.2, 0) is 0 Å². The molecule has 172 valence electrons. The van der Waals surface area contributed by atoms with Gasteiger partial charge in [0.1, 0.15) is 11.2 Å². The molecule has 6 rings (SSSR count). The van der Waals surface area contributed by atoms with Crippen LogP contribution in [0.3, 0.4) is 0 Å². The summed E-state index contributed by atoms with van der Waals surface area (Å²) in [7, 11) is 0. The van der Waals surface area contributed by atoms with Crippen molar-refractivity contribution in [2.45, 2.75) is 44.9 Å². The zero-order valence-electron chi connectivity index (χ0n) is 20.0. The lowest BCUT2D eigenvalue weighted by atomic mass is 9.78. The van der Waals surface area contributed by atoms with Crippen LogP contribution >= 0.6 is 0 Å². The molecule has 0 amide bonds. The zero-order chi connectivity index (χ0) is 23.8. The molecule has 5 aromatic rings. The van der Waals surface area contributed by atoms with Crippen molar-refractivity contribution < 1.29 is 4.42 Å². The first-order valence-electron chi connectivity index (χ1n) is 12.6. The Kier molecular flexibility index (Phi) is 5.58. The van der Waals surface area contributed by atoms with Crippen molar-refractivity contribution in [3.63, 3.8) is 0 Å². The van der Waals surface area contributed by atoms with Gasteiger partial charge in [0.15, 0.2) is 5.69 Å². The van der Waals surface area contributed by atoms with Gasteiger partial charge in [-0.15, -0.1) is 0 Å². The Bertz CT molecular complexity index is 1570. The molecule has 3 heteroatoms. The number of nitrogens with zero attached hydrogens (tertiary/aromatic N) is 2. The van der Waals surface area contributed by atoms with E-state index in [-0.39, 0.29) is 0 Å². The average Bonchev–Trinajstić information content (AvgIpc) is 3.31. The first-order valence-corrected chi connectivity index (χ1v) is 12.6. The molecule has 0 bridgehead atoms. The van der Waals surface area contributed by atoms with Crippen LogP contribution in [-0.4, -0.2) is 4.98 Å². The fraction of sp³-hybridized carbons (Fsp3) is 0.250. The lowest BCUT2D eigenvalue weighted by Gasteiger charge is -2.28. The molecule has 1 aliphatic rings. The summed E-state index contributed by atoms with van der Waals surface area (Å²) < 4.78 is 6.47. The van der Waals surface area contributed by atoms with E-state index < -0.39 is 0 Å². The highest BCUT2D eigenvalue weighted by Gasteiger charge is 2.22. The molecule has 0 saturated heterocycles. The van der Waals surface area contributed by atoms with Gasteiger partial charge in [0.05, 0.1) is 12.3 Å². The van der Waals surface area contributed by atoms with Gasteiger partial charge in [-0.25, -0.2) is 4.85 Å². The molecule has 0 spiro atoms. The van der Waals surface area contributed by atoms with Gasteiger partial charge in [-0.05, 0) is 71.7 Å². The monoisotopic (exact) mass is 456 g/mol. The quantitative estimate of drug-likeness (QED) is 0.252. The van der Waals surface area contributed by atoms with Crippen molar-refractivity contribution in [1.82, 2.24) is 4.98 Å². The van der Waals surface area contributed by atoms with Crippen LogP contribution in [0.5, 0.6) is 0 Å². The summed E-state index contributed by atoms with van der Waals surface area (Å²) in [6, 6.07) is 24.7. The number of aromatic nitrogens is 1. The van der Waals surface area contributed by atoms with Gasteiger partial charge in [0.2, 0.25) is 0 Å². The van der Waals surface area contributed by atoms with Crippen LogP contribution in [0.25, 0.3) is 49.2 Å². The Hall–Kier alpha value is -3.90. The molecule has 1 fully saturated rings. The fourth-order valence-corrected chi connectivity index (χ4v) is 5.77. The first-order chi connectivity index (χ1) is 17.2. The summed E-state index contributed by atoms with van der Waals surface area (Å²) in [6.45, 7) is 9.89. The van der Waals surface area contributed by atoms with Gasteiger partial charge < -0.3 is 4.42 Å². The van der Waals surface area contributed by atoms with Gasteiger partial charge in [-0.1, -0.05) is 68.7 Å². The number of benzene rings is 3. The normalized spacial score (nSPS) is 15.3. The van der Waals surface area contributed by atoms with E-state index in [1.165, 1.54) is 37.7 Å². The van der Waals surface area contributed by atoms with Gasteiger partial charge in [0.25, 0.3) is 0 Å². The Morgan fingerprint density at radius 1 is 0.886 bits per heavy atom. The molecule has 0 radical (unpaired) electrons. The standard InChI is InChI=1S/C32H28N2O/c1-21(22-9-4-3-5-10-22)23-17-18-34-30(19-23)28-13-8-12-27-26-16-15-24(20-31(26)35-32(27)28)25-11-6-7-14-29(25)33-2/h6-8,11-22H,3-5,9-10H2,1H3. The minimum absolute atomic E-state index is 0.539. The smallest absolute Gasteiger partial charge is 0.194 e. The van der Waals surface area contributed by atoms with E-state index in [1.807, 2.05) is 30.5 Å². The van der Waals surface area contributed by atoms with Gasteiger partial charge in [0, 0.05) is 22.5 Å². The Labute approximate surface area is 206 Å². The van der Waals surface area contributed by atoms with Crippen molar-refractivity contribution in [1.29, 1.82) is 0 Å². The van der Waals surface area contributed by atoms with Crippen LogP contribution in [0.2, 0.25) is 0 Å². The predicted octanol–water partition coefficient (Wildman–Crippen LogP) is 9.55. The summed E-state index contributed by atoms with van der Waals surface area (Å²) in [4.78, 5) is 8.44. The van der Waals surface area contributed by atoms with Crippen LogP contribution in [0, 0.1) is 12.5 Å². The van der Waals surface area contributed by atoms with E-state index in [9.17, 15) is 0 Å². The third-order valence-corrected chi connectivity index (χ3v) is 7.78. The van der Waals surface area contributed by atoms with Gasteiger partial charge in [-0.3, -0.25) is 4.98 Å². The molecule has 2 heterocycles. The van der Waals surface area contributed by atoms with Crippen LogP contribution in [0.15, 0.2) is 83.4 Å². The molecule has 3 nitrogen and oxygen atoms in total. The van der Waals surface area contributed by atoms with Crippen molar-refractivity contribution in [3.05, 3.63) is 96.0 Å². The number of furan rings is 1. The Balaban J connectivity index is 1.43. The van der Waals surface area contributed by atoms with E-state index >= 15 is 0 Å². The van der Waals surface area contributed by atoms with E-state index in [2.05, 4.69) is 60.3 Å². The molecule has 1 unspecified atom stereocenters. The summed E-state index contributed by atoms with van der Waals surface area (Å²) in [5.74, 6) is 1.30. The maximum atomic E-state index is 7.52. The number of para-hydroxylation sites is 2. The topological polar surface area (TPSA) is 30.4 Å². The Morgan fingerprint density at radius 3 is 2.57 bits per heavy atom. The second-order valence-corrected chi connectivity index (χ2v) is 9.79. The number of hydrogen-bond acceptors (Lipinski definition) is 2. The SMILES string of the molecule is [C-]#[N+]c1ccccc1-c1ccc2c(c1)oc1c(-c3cc(C(C)C4CCCCC4)ccn3)cccc12. The van der Waals surface area contributed by atoms with Crippen molar-refractivity contribution >= 4 is 27.6 Å². The fourth-order valence-electron chi connectivity index (χ4n) is 5.77. The van der Waals surface area contributed by atoms with Crippen LogP contribution < -0.4 is 0 Å². The average molecular weight is 457 g/mol. The van der Waals surface area contributed by atoms with Crippen LogP contribution in [0.4, 0.5) is 5.69 Å². The number of rotatable bonds is 4. The summed E-state index contributed by atoms with van der Waals surface area (Å²) >= 11 is 0.